The molecule has 0 aliphatic carbocycles. The predicted octanol–water partition coefficient (Wildman–Crippen LogP) is 4.60. The number of nitrogens with one attached hydrogen (secondary N) is 2. The maximum absolute atomic E-state index is 4.52. The lowest BCUT2D eigenvalue weighted by molar-refractivity contribution is 0.518. The normalized spacial score (nSPS) is 11.9. The molecule has 27 heavy (non-hydrogen) atoms. The van der Waals surface area contributed by atoms with Crippen molar-refractivity contribution in [2.75, 3.05) is 20.1 Å². The highest BCUT2D eigenvalue weighted by atomic mass is 127. The van der Waals surface area contributed by atoms with Crippen molar-refractivity contribution in [3.05, 3.63) is 64.5 Å². The van der Waals surface area contributed by atoms with Crippen molar-refractivity contribution in [3.63, 3.8) is 0 Å². The van der Waals surface area contributed by atoms with Crippen molar-refractivity contribution in [1.29, 1.82) is 0 Å². The molecule has 0 saturated heterocycles. The Labute approximate surface area is 182 Å². The lowest BCUT2D eigenvalue weighted by atomic mass is 9.91. The topological polar surface area (TPSA) is 49.3 Å². The molecule has 3 rings (SSSR count). The number of hydrogen-bond acceptors (Lipinski definition) is 3. The van der Waals surface area contributed by atoms with Crippen LogP contribution in [0.25, 0.3) is 10.9 Å². The summed E-state index contributed by atoms with van der Waals surface area (Å²) in [5.41, 5.74) is 2.41. The zero-order chi connectivity index (χ0) is 18.4. The number of aliphatic imine (C=N–C) groups is 1. The van der Waals surface area contributed by atoms with Crippen LogP contribution in [0, 0.1) is 0 Å². The Kier molecular flexibility index (Phi) is 8.04. The zero-order valence-electron chi connectivity index (χ0n) is 16.0. The molecule has 2 N–H and O–H groups in total. The summed E-state index contributed by atoms with van der Waals surface area (Å²) in [6.07, 6.45) is 2.76. The molecular formula is C21H27IN4S. The number of guanidine groups is 1. The Hall–Kier alpha value is -1.67. The third-order valence-corrected chi connectivity index (χ3v) is 5.75. The van der Waals surface area contributed by atoms with Gasteiger partial charge in [-0.3, -0.25) is 9.98 Å². The van der Waals surface area contributed by atoms with Gasteiger partial charge in [-0.05, 0) is 29.5 Å². The van der Waals surface area contributed by atoms with Crippen molar-refractivity contribution < 1.29 is 0 Å². The molecule has 0 atom stereocenters. The van der Waals surface area contributed by atoms with Gasteiger partial charge < -0.3 is 10.6 Å². The maximum atomic E-state index is 4.52. The first-order chi connectivity index (χ1) is 12.6. The van der Waals surface area contributed by atoms with Gasteiger partial charge in [0.2, 0.25) is 0 Å². The monoisotopic (exact) mass is 494 g/mol. The summed E-state index contributed by atoms with van der Waals surface area (Å²) in [6, 6.07) is 14.7. The Bertz CT molecular complexity index is 870. The molecule has 0 bridgehead atoms. The fourth-order valence-electron chi connectivity index (χ4n) is 2.96. The average molecular weight is 494 g/mol. The van der Waals surface area contributed by atoms with E-state index in [1.54, 1.807) is 11.3 Å². The minimum absolute atomic E-state index is 0. The molecule has 4 nitrogen and oxygen atoms in total. The molecule has 0 aliphatic rings. The molecule has 2 heterocycles. The molecule has 0 amide bonds. The molecule has 1 aromatic carbocycles. The van der Waals surface area contributed by atoms with Crippen LogP contribution in [0.15, 0.2) is 59.0 Å². The van der Waals surface area contributed by atoms with E-state index in [0.717, 1.165) is 31.0 Å². The Balaban J connectivity index is 0.00000261. The third-order valence-electron chi connectivity index (χ3n) is 4.51. The van der Waals surface area contributed by atoms with Crippen molar-refractivity contribution in [2.24, 2.45) is 4.99 Å². The number of hydrogen-bond donors (Lipinski definition) is 2. The summed E-state index contributed by atoms with van der Waals surface area (Å²) in [5, 5.41) is 10.2. The van der Waals surface area contributed by atoms with E-state index in [1.165, 1.54) is 15.8 Å². The van der Waals surface area contributed by atoms with Crippen LogP contribution in [-0.4, -0.2) is 31.1 Å². The van der Waals surface area contributed by atoms with Crippen LogP contribution in [0.3, 0.4) is 0 Å². The van der Waals surface area contributed by atoms with Gasteiger partial charge in [-0.25, -0.2) is 0 Å². The Morgan fingerprint density at radius 1 is 1.11 bits per heavy atom. The highest BCUT2D eigenvalue weighted by Gasteiger charge is 2.21. The molecular weight excluding hydrogens is 467 g/mol. The number of pyridine rings is 1. The van der Waals surface area contributed by atoms with Gasteiger partial charge in [-0.2, -0.15) is 0 Å². The lowest BCUT2D eigenvalue weighted by Crippen LogP contribution is -2.43. The molecule has 0 radical (unpaired) electrons. The first-order valence-electron chi connectivity index (χ1n) is 8.91. The van der Waals surface area contributed by atoms with Crippen LogP contribution in [0.2, 0.25) is 0 Å². The van der Waals surface area contributed by atoms with E-state index in [4.69, 9.17) is 0 Å². The van der Waals surface area contributed by atoms with Crippen LogP contribution in [-0.2, 0) is 11.8 Å². The van der Waals surface area contributed by atoms with Gasteiger partial charge in [0, 0.05) is 42.0 Å². The second-order valence-corrected chi connectivity index (χ2v) is 7.90. The molecule has 3 aromatic rings. The lowest BCUT2D eigenvalue weighted by Gasteiger charge is -2.25. The minimum Gasteiger partial charge on any atom is -0.356 e. The average Bonchev–Trinajstić information content (AvgIpc) is 3.20. The summed E-state index contributed by atoms with van der Waals surface area (Å²) in [5.74, 6) is 0.836. The van der Waals surface area contributed by atoms with Gasteiger partial charge >= 0.3 is 0 Å². The van der Waals surface area contributed by atoms with Crippen molar-refractivity contribution in [2.45, 2.75) is 25.7 Å². The van der Waals surface area contributed by atoms with Crippen LogP contribution >= 0.6 is 35.3 Å². The van der Waals surface area contributed by atoms with Crippen molar-refractivity contribution in [1.82, 2.24) is 15.6 Å². The molecule has 144 valence electrons. The molecule has 0 saturated carbocycles. The first-order valence-corrected chi connectivity index (χ1v) is 9.79. The predicted molar refractivity (Wildman–Crippen MR) is 128 cm³/mol. The fraction of sp³-hybridized carbons (Fsp3) is 0.333. The number of aromatic nitrogens is 1. The van der Waals surface area contributed by atoms with Crippen LogP contribution in [0.4, 0.5) is 0 Å². The van der Waals surface area contributed by atoms with E-state index in [2.05, 4.69) is 76.2 Å². The number of nitrogens with zero attached hydrogens (tertiary/aromatic N) is 2. The summed E-state index contributed by atoms with van der Waals surface area (Å²) in [6.45, 7) is 6.15. The van der Waals surface area contributed by atoms with E-state index in [1.807, 2.05) is 19.3 Å². The molecule has 6 heteroatoms. The third kappa shape index (κ3) is 5.65. The summed E-state index contributed by atoms with van der Waals surface area (Å²) >= 11 is 1.80. The van der Waals surface area contributed by atoms with Gasteiger partial charge in [0.1, 0.15) is 0 Å². The van der Waals surface area contributed by atoms with E-state index >= 15 is 0 Å². The molecule has 0 spiro atoms. The fourth-order valence-corrected chi connectivity index (χ4v) is 3.81. The number of thiophene rings is 1. The van der Waals surface area contributed by atoms with Gasteiger partial charge in [-0.1, -0.05) is 44.2 Å². The standard InChI is InChI=1S/C21H26N4S.HI/c1-21(2,18-10-6-14-26-18)15-25-20(22-3)24-13-11-17-8-4-7-16-9-5-12-23-19(16)17;/h4-10,12,14H,11,13,15H2,1-3H3,(H2,22,24,25);1H. The van der Waals surface area contributed by atoms with Crippen LogP contribution < -0.4 is 10.6 Å². The molecule has 2 aromatic heterocycles. The smallest absolute Gasteiger partial charge is 0.191 e. The van der Waals surface area contributed by atoms with Crippen molar-refractivity contribution in [3.8, 4) is 0 Å². The van der Waals surface area contributed by atoms with E-state index in [9.17, 15) is 0 Å². The number of benzene rings is 1. The molecule has 0 aliphatic heterocycles. The molecule has 0 unspecified atom stereocenters. The van der Waals surface area contributed by atoms with Crippen LogP contribution in [0.5, 0.6) is 0 Å². The Morgan fingerprint density at radius 3 is 2.67 bits per heavy atom. The summed E-state index contributed by atoms with van der Waals surface area (Å²) in [7, 11) is 1.81. The maximum Gasteiger partial charge on any atom is 0.191 e. The van der Waals surface area contributed by atoms with E-state index in [-0.39, 0.29) is 29.4 Å². The largest absolute Gasteiger partial charge is 0.356 e. The van der Waals surface area contributed by atoms with E-state index in [0.29, 0.717) is 0 Å². The second kappa shape index (κ2) is 10.0. The number of para-hydroxylation sites is 1. The number of fused-ring (bicyclic) bond motifs is 1. The number of rotatable bonds is 6. The van der Waals surface area contributed by atoms with Gasteiger partial charge in [0.15, 0.2) is 5.96 Å². The van der Waals surface area contributed by atoms with E-state index < -0.39 is 0 Å². The highest BCUT2D eigenvalue weighted by Crippen LogP contribution is 2.26. The Morgan fingerprint density at radius 2 is 1.93 bits per heavy atom. The molecule has 0 fully saturated rings. The van der Waals surface area contributed by atoms with Crippen molar-refractivity contribution >= 4 is 52.2 Å². The highest BCUT2D eigenvalue weighted by molar-refractivity contribution is 14.0. The van der Waals surface area contributed by atoms with Gasteiger partial charge in [0.05, 0.1) is 5.52 Å². The minimum atomic E-state index is 0. The SMILES string of the molecule is CN=C(NCCc1cccc2cccnc12)NCC(C)(C)c1cccs1.I. The number of halogens is 1. The van der Waals surface area contributed by atoms with Crippen LogP contribution in [0.1, 0.15) is 24.3 Å². The van der Waals surface area contributed by atoms with Gasteiger partial charge in [0.25, 0.3) is 0 Å². The zero-order valence-corrected chi connectivity index (χ0v) is 19.2. The summed E-state index contributed by atoms with van der Waals surface area (Å²) < 4.78 is 0. The quantitative estimate of drug-likeness (QED) is 0.299. The van der Waals surface area contributed by atoms with Gasteiger partial charge in [-0.15, -0.1) is 35.3 Å². The summed E-state index contributed by atoms with van der Waals surface area (Å²) in [4.78, 5) is 10.2. The first kappa shape index (κ1) is 21.6. The second-order valence-electron chi connectivity index (χ2n) is 6.96.